The number of nitrogens with zero attached hydrogens (tertiary/aromatic N) is 3. The molecule has 100 valence electrons. The molecule has 0 N–H and O–H groups in total. The molecule has 0 amide bonds. The van der Waals surface area contributed by atoms with Crippen molar-refractivity contribution in [3.63, 3.8) is 0 Å². The molecule has 0 aliphatic carbocycles. The number of aryl methyl sites for hydroxylation is 1. The highest BCUT2D eigenvalue weighted by Gasteiger charge is 2.24. The van der Waals surface area contributed by atoms with Crippen molar-refractivity contribution in [1.82, 2.24) is 9.78 Å². The summed E-state index contributed by atoms with van der Waals surface area (Å²) in [6, 6.07) is 0. The van der Waals surface area contributed by atoms with Crippen molar-refractivity contribution in [1.29, 1.82) is 0 Å². The Kier molecular flexibility index (Phi) is 4.10. The Morgan fingerprint density at radius 3 is 2.56 bits per heavy atom. The second-order valence-electron chi connectivity index (χ2n) is 5.32. The van der Waals surface area contributed by atoms with Crippen LogP contribution < -0.4 is 10.5 Å². The van der Waals surface area contributed by atoms with Crippen LogP contribution in [-0.4, -0.2) is 22.9 Å². The lowest BCUT2D eigenvalue weighted by Crippen LogP contribution is -2.40. The Morgan fingerprint density at radius 2 is 2.00 bits per heavy atom. The molecule has 0 radical (unpaired) electrons. The summed E-state index contributed by atoms with van der Waals surface area (Å²) in [6.45, 7) is 9.05. The van der Waals surface area contributed by atoms with Crippen LogP contribution in [0.25, 0.3) is 0 Å². The summed E-state index contributed by atoms with van der Waals surface area (Å²) in [5, 5.41) is 4.22. The topological polar surface area (TPSA) is 38.1 Å². The lowest BCUT2D eigenvalue weighted by molar-refractivity contribution is 0.356. The molecule has 0 spiro atoms. The normalized spacial score (nSPS) is 24.3. The number of anilines is 1. The molecule has 18 heavy (non-hydrogen) atoms. The first-order valence-electron chi connectivity index (χ1n) is 6.53. The molecule has 1 aliphatic rings. The Labute approximate surface area is 116 Å². The van der Waals surface area contributed by atoms with Crippen molar-refractivity contribution in [3.05, 3.63) is 21.0 Å². The predicted octanol–water partition coefficient (Wildman–Crippen LogP) is 2.51. The van der Waals surface area contributed by atoms with E-state index in [1.807, 2.05) is 6.92 Å². The third kappa shape index (κ3) is 2.60. The predicted molar refractivity (Wildman–Crippen MR) is 77.0 cm³/mol. The van der Waals surface area contributed by atoms with E-state index in [9.17, 15) is 4.79 Å². The second-order valence-corrected chi connectivity index (χ2v) is 6.11. The van der Waals surface area contributed by atoms with Crippen LogP contribution in [0.1, 0.15) is 27.2 Å². The fourth-order valence-electron chi connectivity index (χ4n) is 2.76. The zero-order valence-electron chi connectivity index (χ0n) is 11.2. The van der Waals surface area contributed by atoms with E-state index in [-0.39, 0.29) is 5.56 Å². The van der Waals surface area contributed by atoms with E-state index >= 15 is 0 Å². The second kappa shape index (κ2) is 5.43. The standard InChI is InChI=1S/C13H20BrN3O/c1-4-17-13(18)12(14)11(6-15-17)16-7-9(2)5-10(3)8-16/h6,9-10H,4-5,7-8H2,1-3H3. The molecule has 1 aromatic rings. The van der Waals surface area contributed by atoms with Crippen LogP contribution in [0.15, 0.2) is 15.5 Å². The van der Waals surface area contributed by atoms with E-state index in [0.717, 1.165) is 18.8 Å². The summed E-state index contributed by atoms with van der Waals surface area (Å²) >= 11 is 3.43. The van der Waals surface area contributed by atoms with Gasteiger partial charge in [0.05, 0.1) is 11.9 Å². The fourth-order valence-corrected chi connectivity index (χ4v) is 3.32. The van der Waals surface area contributed by atoms with Crippen LogP contribution >= 0.6 is 15.9 Å². The van der Waals surface area contributed by atoms with E-state index in [1.54, 1.807) is 6.20 Å². The van der Waals surface area contributed by atoms with Gasteiger partial charge in [-0.25, -0.2) is 4.68 Å². The molecule has 0 bridgehead atoms. The number of halogens is 1. The van der Waals surface area contributed by atoms with Crippen LogP contribution in [0.5, 0.6) is 0 Å². The SMILES string of the molecule is CCn1ncc(N2CC(C)CC(C)C2)c(Br)c1=O. The number of hydrogen-bond acceptors (Lipinski definition) is 3. The molecule has 1 fully saturated rings. The first-order chi connectivity index (χ1) is 8.52. The monoisotopic (exact) mass is 313 g/mol. The van der Waals surface area contributed by atoms with E-state index < -0.39 is 0 Å². The van der Waals surface area contributed by atoms with Gasteiger partial charge in [0.25, 0.3) is 5.56 Å². The third-order valence-corrected chi connectivity index (χ3v) is 4.22. The highest BCUT2D eigenvalue weighted by Crippen LogP contribution is 2.29. The summed E-state index contributed by atoms with van der Waals surface area (Å²) in [5.74, 6) is 1.32. The maximum absolute atomic E-state index is 12.1. The molecular weight excluding hydrogens is 294 g/mol. The minimum atomic E-state index is -0.0409. The minimum Gasteiger partial charge on any atom is -0.369 e. The van der Waals surface area contributed by atoms with Gasteiger partial charge < -0.3 is 4.90 Å². The number of hydrogen-bond donors (Lipinski definition) is 0. The highest BCUT2D eigenvalue weighted by atomic mass is 79.9. The summed E-state index contributed by atoms with van der Waals surface area (Å²) in [5.41, 5.74) is 0.893. The maximum atomic E-state index is 12.1. The molecule has 1 saturated heterocycles. The van der Waals surface area contributed by atoms with Gasteiger partial charge in [-0.3, -0.25) is 4.79 Å². The molecule has 1 aliphatic heterocycles. The average molecular weight is 314 g/mol. The van der Waals surface area contributed by atoms with E-state index in [0.29, 0.717) is 22.9 Å². The Hall–Kier alpha value is -0.840. The smallest absolute Gasteiger partial charge is 0.283 e. The molecule has 2 atom stereocenters. The van der Waals surface area contributed by atoms with E-state index in [4.69, 9.17) is 0 Å². The molecule has 2 rings (SSSR count). The molecule has 1 aromatic heterocycles. The van der Waals surface area contributed by atoms with Crippen molar-refractivity contribution in [3.8, 4) is 0 Å². The highest BCUT2D eigenvalue weighted by molar-refractivity contribution is 9.10. The number of aromatic nitrogens is 2. The lowest BCUT2D eigenvalue weighted by Gasteiger charge is -2.36. The summed E-state index contributed by atoms with van der Waals surface area (Å²) in [6.07, 6.45) is 3.06. The van der Waals surface area contributed by atoms with Crippen molar-refractivity contribution < 1.29 is 0 Å². The van der Waals surface area contributed by atoms with Crippen molar-refractivity contribution in [2.45, 2.75) is 33.7 Å². The summed E-state index contributed by atoms with van der Waals surface area (Å²) in [7, 11) is 0. The largest absolute Gasteiger partial charge is 0.369 e. The van der Waals surface area contributed by atoms with Gasteiger partial charge in [0.1, 0.15) is 4.47 Å². The first-order valence-corrected chi connectivity index (χ1v) is 7.32. The van der Waals surface area contributed by atoms with Crippen molar-refractivity contribution in [2.75, 3.05) is 18.0 Å². The van der Waals surface area contributed by atoms with Gasteiger partial charge in [0, 0.05) is 19.6 Å². The molecule has 0 saturated carbocycles. The molecular formula is C13H20BrN3O. The molecule has 4 nitrogen and oxygen atoms in total. The van der Waals surface area contributed by atoms with E-state index in [1.165, 1.54) is 11.1 Å². The summed E-state index contributed by atoms with van der Waals surface area (Å²) in [4.78, 5) is 14.3. The minimum absolute atomic E-state index is 0.0409. The van der Waals surface area contributed by atoms with Gasteiger partial charge in [0.15, 0.2) is 0 Å². The zero-order chi connectivity index (χ0) is 13.3. The van der Waals surface area contributed by atoms with Gasteiger partial charge in [0.2, 0.25) is 0 Å². The third-order valence-electron chi connectivity index (χ3n) is 3.48. The lowest BCUT2D eigenvalue weighted by atomic mass is 9.92. The van der Waals surface area contributed by atoms with Gasteiger partial charge >= 0.3 is 0 Å². The zero-order valence-corrected chi connectivity index (χ0v) is 12.8. The number of piperidine rings is 1. The van der Waals surface area contributed by atoms with Crippen LogP contribution in [0.2, 0.25) is 0 Å². The van der Waals surface area contributed by atoms with Crippen LogP contribution in [0.4, 0.5) is 5.69 Å². The van der Waals surface area contributed by atoms with Crippen LogP contribution in [-0.2, 0) is 6.54 Å². The molecule has 2 unspecified atom stereocenters. The van der Waals surface area contributed by atoms with Gasteiger partial charge in [-0.05, 0) is 41.1 Å². The van der Waals surface area contributed by atoms with Gasteiger partial charge in [-0.1, -0.05) is 13.8 Å². The van der Waals surface area contributed by atoms with Crippen LogP contribution in [0.3, 0.4) is 0 Å². The number of rotatable bonds is 2. The molecule has 0 aromatic carbocycles. The molecule has 5 heteroatoms. The van der Waals surface area contributed by atoms with Gasteiger partial charge in [-0.15, -0.1) is 0 Å². The van der Waals surface area contributed by atoms with Crippen LogP contribution in [0, 0.1) is 11.8 Å². The quantitative estimate of drug-likeness (QED) is 0.842. The van der Waals surface area contributed by atoms with Crippen molar-refractivity contribution >= 4 is 21.6 Å². The van der Waals surface area contributed by atoms with Crippen molar-refractivity contribution in [2.24, 2.45) is 11.8 Å². The molecule has 2 heterocycles. The van der Waals surface area contributed by atoms with E-state index in [2.05, 4.69) is 39.8 Å². The maximum Gasteiger partial charge on any atom is 0.283 e. The summed E-state index contributed by atoms with van der Waals surface area (Å²) < 4.78 is 2.12. The Morgan fingerprint density at radius 1 is 1.39 bits per heavy atom. The first kappa shape index (κ1) is 13.6. The van der Waals surface area contributed by atoms with Gasteiger partial charge in [-0.2, -0.15) is 5.10 Å². The Balaban J connectivity index is 2.34. The average Bonchev–Trinajstić information content (AvgIpc) is 2.31. The fraction of sp³-hybridized carbons (Fsp3) is 0.692. The Bertz CT molecular complexity index is 476.